The molecule has 0 amide bonds. The van der Waals surface area contributed by atoms with Gasteiger partial charge in [-0.1, -0.05) is 29.8 Å². The maximum absolute atomic E-state index is 15.5. The van der Waals surface area contributed by atoms with Crippen molar-refractivity contribution in [3.05, 3.63) is 83.0 Å². The Morgan fingerprint density at radius 2 is 1.82 bits per heavy atom. The molecule has 0 aliphatic heterocycles. The van der Waals surface area contributed by atoms with E-state index in [1.54, 1.807) is 24.3 Å². The van der Waals surface area contributed by atoms with Crippen LogP contribution in [0.25, 0.3) is 10.9 Å². The molecule has 4 aromatic rings. The average Bonchev–Trinajstić information content (AvgIpc) is 3.20. The number of nitrogens with zero attached hydrogens (tertiary/aromatic N) is 5. The largest absolute Gasteiger partial charge is 0.298 e. The Morgan fingerprint density at radius 3 is 2.54 bits per heavy atom. The van der Waals surface area contributed by atoms with Crippen molar-refractivity contribution >= 4 is 22.5 Å². The predicted octanol–water partition coefficient (Wildman–Crippen LogP) is 4.59. The van der Waals surface area contributed by atoms with Crippen molar-refractivity contribution in [1.82, 2.24) is 25.2 Å². The van der Waals surface area contributed by atoms with E-state index in [1.807, 2.05) is 0 Å². The molecule has 0 radical (unpaired) electrons. The fourth-order valence-electron chi connectivity index (χ4n) is 3.04. The van der Waals surface area contributed by atoms with E-state index in [2.05, 4.69) is 20.5 Å². The maximum atomic E-state index is 15.5. The van der Waals surface area contributed by atoms with Crippen LogP contribution in [0.2, 0.25) is 5.02 Å². The SMILES string of the molecule is Fc1ccc(C(Cn2cnnn2)C(F)(F)c2ccc3cc(Cl)ccc3n2)cc1. The normalized spacial score (nSPS) is 13.0. The smallest absolute Gasteiger partial charge is 0.246 e. The van der Waals surface area contributed by atoms with Crippen LogP contribution in [0, 0.1) is 5.82 Å². The number of fused-ring (bicyclic) bond motifs is 1. The molecule has 5 nitrogen and oxygen atoms in total. The number of hydrogen-bond donors (Lipinski definition) is 0. The molecule has 2 heterocycles. The van der Waals surface area contributed by atoms with Crippen molar-refractivity contribution < 1.29 is 13.2 Å². The van der Waals surface area contributed by atoms with E-state index in [4.69, 9.17) is 11.6 Å². The fraction of sp³-hybridized carbons (Fsp3) is 0.158. The molecule has 1 unspecified atom stereocenters. The minimum absolute atomic E-state index is 0.202. The van der Waals surface area contributed by atoms with Crippen molar-refractivity contribution in [2.24, 2.45) is 0 Å². The van der Waals surface area contributed by atoms with E-state index in [0.717, 1.165) is 12.1 Å². The number of aromatic nitrogens is 5. The van der Waals surface area contributed by atoms with Crippen LogP contribution < -0.4 is 0 Å². The van der Waals surface area contributed by atoms with E-state index < -0.39 is 23.4 Å². The third-order valence-electron chi connectivity index (χ3n) is 4.46. The van der Waals surface area contributed by atoms with Gasteiger partial charge < -0.3 is 0 Å². The van der Waals surface area contributed by atoms with Crippen LogP contribution in [-0.4, -0.2) is 25.2 Å². The van der Waals surface area contributed by atoms with Crippen LogP contribution in [-0.2, 0) is 12.5 Å². The number of halogens is 4. The molecule has 0 aliphatic rings. The van der Waals surface area contributed by atoms with E-state index >= 15 is 8.78 Å². The third kappa shape index (κ3) is 3.55. The Morgan fingerprint density at radius 1 is 1.04 bits per heavy atom. The topological polar surface area (TPSA) is 56.5 Å². The first-order chi connectivity index (χ1) is 13.4. The molecule has 9 heteroatoms. The molecule has 2 aromatic carbocycles. The summed E-state index contributed by atoms with van der Waals surface area (Å²) < 4.78 is 45.6. The zero-order valence-corrected chi connectivity index (χ0v) is 15.1. The number of benzene rings is 2. The summed E-state index contributed by atoms with van der Waals surface area (Å²) in [5, 5.41) is 11.8. The van der Waals surface area contributed by atoms with Crippen LogP contribution in [0.3, 0.4) is 0 Å². The molecule has 2 aromatic heterocycles. The highest BCUT2D eigenvalue weighted by atomic mass is 35.5. The number of pyridine rings is 1. The Hall–Kier alpha value is -3.00. The second-order valence-electron chi connectivity index (χ2n) is 6.29. The van der Waals surface area contributed by atoms with Gasteiger partial charge in [0.05, 0.1) is 18.0 Å². The third-order valence-corrected chi connectivity index (χ3v) is 4.70. The summed E-state index contributed by atoms with van der Waals surface area (Å²) >= 11 is 5.94. The lowest BCUT2D eigenvalue weighted by atomic mass is 9.90. The monoisotopic (exact) mass is 403 g/mol. The van der Waals surface area contributed by atoms with E-state index in [0.29, 0.717) is 15.9 Å². The molecule has 0 saturated carbocycles. The van der Waals surface area contributed by atoms with E-state index in [1.165, 1.54) is 29.2 Å². The minimum atomic E-state index is -3.36. The summed E-state index contributed by atoms with van der Waals surface area (Å²) in [6.45, 7) is -0.202. The van der Waals surface area contributed by atoms with E-state index in [-0.39, 0.29) is 12.1 Å². The van der Waals surface area contributed by atoms with Crippen molar-refractivity contribution in [2.75, 3.05) is 0 Å². The summed E-state index contributed by atoms with van der Waals surface area (Å²) in [6, 6.07) is 12.6. The highest BCUT2D eigenvalue weighted by Crippen LogP contribution is 2.42. The van der Waals surface area contributed by atoms with Gasteiger partial charge in [-0.3, -0.25) is 0 Å². The lowest BCUT2D eigenvalue weighted by Gasteiger charge is -2.27. The molecule has 0 aliphatic carbocycles. The zero-order valence-electron chi connectivity index (χ0n) is 14.3. The first-order valence-corrected chi connectivity index (χ1v) is 8.72. The molecule has 142 valence electrons. The van der Waals surface area contributed by atoms with Gasteiger partial charge in [0.25, 0.3) is 5.92 Å². The van der Waals surface area contributed by atoms with Crippen LogP contribution in [0.4, 0.5) is 13.2 Å². The van der Waals surface area contributed by atoms with Gasteiger partial charge in [-0.05, 0) is 52.4 Å². The second kappa shape index (κ2) is 7.20. The number of hydrogen-bond acceptors (Lipinski definition) is 4. The first-order valence-electron chi connectivity index (χ1n) is 8.34. The molecule has 0 spiro atoms. The van der Waals surface area contributed by atoms with Gasteiger partial charge in [0.15, 0.2) is 0 Å². The summed E-state index contributed by atoms with van der Waals surface area (Å²) in [5.41, 5.74) is 0.256. The highest BCUT2D eigenvalue weighted by Gasteiger charge is 2.44. The van der Waals surface area contributed by atoms with Crippen molar-refractivity contribution in [3.63, 3.8) is 0 Å². The molecule has 1 atom stereocenters. The number of rotatable bonds is 5. The van der Waals surface area contributed by atoms with Gasteiger partial charge >= 0.3 is 0 Å². The van der Waals surface area contributed by atoms with Gasteiger partial charge in [0, 0.05) is 10.4 Å². The lowest BCUT2D eigenvalue weighted by Crippen LogP contribution is -2.29. The Bertz CT molecular complexity index is 1100. The van der Waals surface area contributed by atoms with Gasteiger partial charge in [-0.2, -0.15) is 8.78 Å². The van der Waals surface area contributed by atoms with Crippen molar-refractivity contribution in [3.8, 4) is 0 Å². The molecule has 0 saturated heterocycles. The van der Waals surface area contributed by atoms with Crippen LogP contribution >= 0.6 is 11.6 Å². The summed E-state index contributed by atoms with van der Waals surface area (Å²) in [5.74, 6) is -5.22. The summed E-state index contributed by atoms with van der Waals surface area (Å²) in [4.78, 5) is 4.14. The van der Waals surface area contributed by atoms with Gasteiger partial charge in [0.2, 0.25) is 0 Å². The average molecular weight is 404 g/mol. The van der Waals surface area contributed by atoms with Gasteiger partial charge in [-0.15, -0.1) is 5.10 Å². The van der Waals surface area contributed by atoms with Crippen molar-refractivity contribution in [2.45, 2.75) is 18.4 Å². The van der Waals surface area contributed by atoms with E-state index in [9.17, 15) is 4.39 Å². The first kappa shape index (κ1) is 18.4. The Labute approximate surface area is 162 Å². The Kier molecular flexibility index (Phi) is 4.72. The summed E-state index contributed by atoms with van der Waals surface area (Å²) in [6.07, 6.45) is 1.25. The molecular weight excluding hydrogens is 391 g/mol. The standard InChI is InChI=1S/C19H13ClF3N5/c20-14-4-7-17-13(9-14)3-8-18(25-17)19(22,23)16(10-28-11-24-26-27-28)12-1-5-15(21)6-2-12/h1-9,11,16H,10H2. The van der Waals surface area contributed by atoms with Gasteiger partial charge in [-0.25, -0.2) is 14.1 Å². The van der Waals surface area contributed by atoms with Crippen molar-refractivity contribution in [1.29, 1.82) is 0 Å². The van der Waals surface area contributed by atoms with Crippen LogP contribution in [0.15, 0.2) is 60.9 Å². The second-order valence-corrected chi connectivity index (χ2v) is 6.73. The number of alkyl halides is 2. The number of tetrazole rings is 1. The maximum Gasteiger partial charge on any atom is 0.298 e. The molecule has 0 fully saturated rings. The predicted molar refractivity (Wildman–Crippen MR) is 97.6 cm³/mol. The quantitative estimate of drug-likeness (QED) is 0.489. The molecule has 4 rings (SSSR count). The fourth-order valence-corrected chi connectivity index (χ4v) is 3.22. The Balaban J connectivity index is 1.78. The zero-order chi connectivity index (χ0) is 19.7. The molecule has 0 N–H and O–H groups in total. The highest BCUT2D eigenvalue weighted by molar-refractivity contribution is 6.31. The minimum Gasteiger partial charge on any atom is -0.246 e. The van der Waals surface area contributed by atoms with Gasteiger partial charge in [0.1, 0.15) is 17.8 Å². The molecule has 0 bridgehead atoms. The van der Waals surface area contributed by atoms with Crippen LogP contribution in [0.5, 0.6) is 0 Å². The molecule has 28 heavy (non-hydrogen) atoms. The lowest BCUT2D eigenvalue weighted by molar-refractivity contribution is -0.0442. The molecular formula is C19H13ClF3N5. The summed E-state index contributed by atoms with van der Waals surface area (Å²) in [7, 11) is 0. The van der Waals surface area contributed by atoms with Crippen LogP contribution in [0.1, 0.15) is 17.2 Å².